The summed E-state index contributed by atoms with van der Waals surface area (Å²) >= 11 is 0. The van der Waals surface area contributed by atoms with E-state index in [4.69, 9.17) is 4.74 Å². The van der Waals surface area contributed by atoms with Crippen LogP contribution in [-0.2, 0) is 16.0 Å². The second kappa shape index (κ2) is 6.66. The Morgan fingerprint density at radius 2 is 1.93 bits per heavy atom. The van der Waals surface area contributed by atoms with Crippen LogP contribution in [-0.4, -0.2) is 36.1 Å². The maximum Gasteiger partial charge on any atom is 0.252 e. The lowest BCUT2D eigenvalue weighted by Crippen LogP contribution is -2.48. The number of benzene rings is 2. The summed E-state index contributed by atoms with van der Waals surface area (Å²) in [6, 6.07) is 11.5. The summed E-state index contributed by atoms with van der Waals surface area (Å²) in [6.07, 6.45) is 3.82. The van der Waals surface area contributed by atoms with Crippen LogP contribution in [0.2, 0.25) is 0 Å². The van der Waals surface area contributed by atoms with Crippen LogP contribution in [0.25, 0.3) is 11.1 Å². The first-order valence-corrected chi connectivity index (χ1v) is 10.0. The van der Waals surface area contributed by atoms with Crippen LogP contribution < -0.4 is 0 Å². The van der Waals surface area contributed by atoms with Crippen molar-refractivity contribution in [3.8, 4) is 11.1 Å². The minimum absolute atomic E-state index is 0.0140. The van der Waals surface area contributed by atoms with Crippen LogP contribution >= 0.6 is 0 Å². The summed E-state index contributed by atoms with van der Waals surface area (Å²) < 4.78 is 35.0. The maximum atomic E-state index is 15.3. The number of halogens is 2. The molecule has 5 heteroatoms. The van der Waals surface area contributed by atoms with Crippen molar-refractivity contribution in [2.75, 3.05) is 13.2 Å². The van der Waals surface area contributed by atoms with Crippen LogP contribution in [0.3, 0.4) is 0 Å². The summed E-state index contributed by atoms with van der Waals surface area (Å²) in [6.45, 7) is 1.35. The van der Waals surface area contributed by atoms with Gasteiger partial charge in [0.25, 0.3) is 5.91 Å². The molecule has 1 saturated carbocycles. The van der Waals surface area contributed by atoms with E-state index in [1.165, 1.54) is 12.1 Å². The number of nitrogens with zero attached hydrogens (tertiary/aromatic N) is 1. The third-order valence-corrected chi connectivity index (χ3v) is 6.48. The average Bonchev–Trinajstić information content (AvgIpc) is 3.30. The van der Waals surface area contributed by atoms with Gasteiger partial charge in [-0.2, -0.15) is 0 Å². The highest BCUT2D eigenvalue weighted by Crippen LogP contribution is 2.55. The van der Waals surface area contributed by atoms with Gasteiger partial charge in [0.2, 0.25) is 0 Å². The molecule has 2 saturated heterocycles. The fourth-order valence-corrected chi connectivity index (χ4v) is 4.64. The molecule has 5 rings (SSSR count). The molecule has 3 fully saturated rings. The van der Waals surface area contributed by atoms with E-state index >= 15 is 4.39 Å². The summed E-state index contributed by atoms with van der Waals surface area (Å²) in [4.78, 5) is 14.7. The molecule has 2 aromatic carbocycles. The van der Waals surface area contributed by atoms with Crippen LogP contribution in [0.15, 0.2) is 42.5 Å². The third-order valence-electron chi connectivity index (χ3n) is 6.48. The molecule has 1 spiro atoms. The van der Waals surface area contributed by atoms with Crippen molar-refractivity contribution in [2.24, 2.45) is 5.41 Å². The number of hydrogen-bond acceptors (Lipinski definition) is 2. The van der Waals surface area contributed by atoms with E-state index in [1.807, 2.05) is 23.1 Å². The van der Waals surface area contributed by atoms with E-state index in [-0.39, 0.29) is 29.0 Å². The molecule has 0 radical (unpaired) electrons. The van der Waals surface area contributed by atoms with Gasteiger partial charge < -0.3 is 9.64 Å². The van der Waals surface area contributed by atoms with E-state index < -0.39 is 11.6 Å². The van der Waals surface area contributed by atoms with Crippen molar-refractivity contribution in [1.82, 2.24) is 4.90 Å². The Morgan fingerprint density at radius 3 is 2.57 bits per heavy atom. The van der Waals surface area contributed by atoms with Crippen LogP contribution in [0, 0.1) is 17.0 Å². The Hall–Kier alpha value is -2.27. The van der Waals surface area contributed by atoms with Gasteiger partial charge in [-0.1, -0.05) is 30.3 Å². The van der Waals surface area contributed by atoms with Crippen molar-refractivity contribution in [1.29, 1.82) is 0 Å². The predicted octanol–water partition coefficient (Wildman–Crippen LogP) is 4.34. The number of rotatable bonds is 4. The lowest BCUT2D eigenvalue weighted by molar-refractivity contribution is -0.157. The van der Waals surface area contributed by atoms with Gasteiger partial charge in [-0.15, -0.1) is 0 Å². The van der Waals surface area contributed by atoms with Crippen molar-refractivity contribution < 1.29 is 18.3 Å². The van der Waals surface area contributed by atoms with E-state index in [0.717, 1.165) is 32.2 Å². The number of carbonyl (C=O) groups is 1. The SMILES string of the molecule is O=C(C1CCO1)N1CC2(CC2)C[C@@H]1Cc1cc(F)cc(-c2ccccc2)c1F. The Labute approximate surface area is 163 Å². The highest BCUT2D eigenvalue weighted by atomic mass is 19.1. The molecule has 0 bridgehead atoms. The Kier molecular flexibility index (Phi) is 4.23. The highest BCUT2D eigenvalue weighted by molar-refractivity contribution is 5.82. The fraction of sp³-hybridized carbons (Fsp3) is 0.435. The number of likely N-dealkylation sites (tertiary alicyclic amines) is 1. The van der Waals surface area contributed by atoms with Crippen molar-refractivity contribution in [3.63, 3.8) is 0 Å². The minimum Gasteiger partial charge on any atom is -0.368 e. The number of amides is 1. The molecule has 3 nitrogen and oxygen atoms in total. The van der Waals surface area contributed by atoms with Gasteiger partial charge in [0.05, 0.1) is 6.61 Å². The maximum absolute atomic E-state index is 15.3. The van der Waals surface area contributed by atoms with E-state index in [1.54, 1.807) is 12.1 Å². The van der Waals surface area contributed by atoms with Gasteiger partial charge in [0, 0.05) is 24.6 Å². The molecule has 1 amide bonds. The van der Waals surface area contributed by atoms with Crippen LogP contribution in [0.4, 0.5) is 8.78 Å². The Balaban J connectivity index is 1.44. The molecule has 0 N–H and O–H groups in total. The number of carbonyl (C=O) groups excluding carboxylic acids is 1. The normalized spacial score (nSPS) is 25.0. The van der Waals surface area contributed by atoms with Crippen molar-refractivity contribution >= 4 is 5.91 Å². The second-order valence-corrected chi connectivity index (χ2v) is 8.47. The summed E-state index contributed by atoms with van der Waals surface area (Å²) in [7, 11) is 0. The molecule has 2 heterocycles. The Bertz CT molecular complexity index is 906. The molecule has 1 unspecified atom stereocenters. The molecule has 146 valence electrons. The standard InChI is InChI=1S/C23H23F2NO2/c24-17-10-16(21(25)19(12-17)15-4-2-1-3-5-15)11-18-13-23(7-8-23)14-26(18)22(27)20-6-9-28-20/h1-5,10,12,18,20H,6-9,11,13-14H2/t18-,20?/m0/s1. The number of hydrogen-bond donors (Lipinski definition) is 0. The van der Waals surface area contributed by atoms with Crippen molar-refractivity contribution in [3.05, 3.63) is 59.7 Å². The molecule has 2 atom stereocenters. The molecule has 3 aliphatic rings. The third kappa shape index (κ3) is 3.12. The van der Waals surface area contributed by atoms with Gasteiger partial charge >= 0.3 is 0 Å². The molecule has 0 aromatic heterocycles. The summed E-state index contributed by atoms with van der Waals surface area (Å²) in [5.74, 6) is -0.827. The highest BCUT2D eigenvalue weighted by Gasteiger charge is 2.54. The average molecular weight is 383 g/mol. The van der Waals surface area contributed by atoms with Gasteiger partial charge in [0.1, 0.15) is 17.7 Å². The minimum atomic E-state index is -0.449. The molecule has 1 aliphatic carbocycles. The lowest BCUT2D eigenvalue weighted by atomic mass is 9.95. The fourth-order valence-electron chi connectivity index (χ4n) is 4.64. The van der Waals surface area contributed by atoms with Gasteiger partial charge in [-0.3, -0.25) is 4.79 Å². The lowest BCUT2D eigenvalue weighted by Gasteiger charge is -2.33. The number of ether oxygens (including phenoxy) is 1. The van der Waals surface area contributed by atoms with Crippen molar-refractivity contribution in [2.45, 2.75) is 44.2 Å². The van der Waals surface area contributed by atoms with Gasteiger partial charge in [-0.05, 0) is 54.4 Å². The zero-order valence-corrected chi connectivity index (χ0v) is 15.7. The summed E-state index contributed by atoms with van der Waals surface area (Å²) in [5, 5.41) is 0. The molecular weight excluding hydrogens is 360 g/mol. The molecule has 2 aromatic rings. The summed E-state index contributed by atoms with van der Waals surface area (Å²) in [5.41, 5.74) is 1.46. The molecule has 28 heavy (non-hydrogen) atoms. The Morgan fingerprint density at radius 1 is 1.18 bits per heavy atom. The zero-order chi connectivity index (χ0) is 19.3. The molecule has 2 aliphatic heterocycles. The van der Waals surface area contributed by atoms with Gasteiger partial charge in [0.15, 0.2) is 0 Å². The monoisotopic (exact) mass is 383 g/mol. The first kappa shape index (κ1) is 17.8. The van der Waals surface area contributed by atoms with E-state index in [0.29, 0.717) is 24.2 Å². The predicted molar refractivity (Wildman–Crippen MR) is 102 cm³/mol. The second-order valence-electron chi connectivity index (χ2n) is 8.47. The zero-order valence-electron chi connectivity index (χ0n) is 15.7. The van der Waals surface area contributed by atoms with E-state index in [9.17, 15) is 9.18 Å². The topological polar surface area (TPSA) is 29.5 Å². The first-order valence-electron chi connectivity index (χ1n) is 10.0. The molecular formula is C23H23F2NO2. The van der Waals surface area contributed by atoms with E-state index in [2.05, 4.69) is 0 Å². The first-order chi connectivity index (χ1) is 13.5. The largest absolute Gasteiger partial charge is 0.368 e. The quantitative estimate of drug-likeness (QED) is 0.786. The van der Waals surface area contributed by atoms with Crippen LogP contribution in [0.5, 0.6) is 0 Å². The smallest absolute Gasteiger partial charge is 0.252 e. The van der Waals surface area contributed by atoms with Gasteiger partial charge in [-0.25, -0.2) is 8.78 Å². The van der Waals surface area contributed by atoms with Crippen LogP contribution in [0.1, 0.15) is 31.2 Å².